The van der Waals surface area contributed by atoms with Crippen LogP contribution in [0.4, 0.5) is 0 Å². The van der Waals surface area contributed by atoms with E-state index in [1.807, 2.05) is 13.8 Å². The lowest BCUT2D eigenvalue weighted by atomic mass is 9.93. The molecule has 0 radical (unpaired) electrons. The first-order chi connectivity index (χ1) is 10.6. The van der Waals surface area contributed by atoms with E-state index in [1.165, 1.54) is 6.20 Å². The number of H-pyrrole nitrogens is 1. The predicted octanol–water partition coefficient (Wildman–Crippen LogP) is 2.28. The Morgan fingerprint density at radius 3 is 2.77 bits per heavy atom. The van der Waals surface area contributed by atoms with E-state index < -0.39 is 10.0 Å². The maximum absolute atomic E-state index is 13.1. The molecular formula is C15H20N4O2S. The van der Waals surface area contributed by atoms with E-state index in [-0.39, 0.29) is 17.1 Å². The van der Waals surface area contributed by atoms with Crippen molar-refractivity contribution in [3.8, 4) is 0 Å². The molecule has 3 heterocycles. The van der Waals surface area contributed by atoms with E-state index in [4.69, 9.17) is 0 Å². The number of hydrogen-bond acceptors (Lipinski definition) is 4. The van der Waals surface area contributed by atoms with Gasteiger partial charge in [0, 0.05) is 29.9 Å². The van der Waals surface area contributed by atoms with Crippen molar-refractivity contribution >= 4 is 10.0 Å². The number of pyridine rings is 1. The highest BCUT2D eigenvalue weighted by Gasteiger charge is 2.42. The van der Waals surface area contributed by atoms with Gasteiger partial charge in [-0.3, -0.25) is 5.10 Å². The SMILES string of the molecule is CC[C@H]1Cc2[nH]ncc2[C@@H](CC)N1S(=O)(=O)c1ccccn1. The number of aromatic amines is 1. The van der Waals surface area contributed by atoms with E-state index >= 15 is 0 Å². The molecule has 2 atom stereocenters. The molecule has 0 spiro atoms. The van der Waals surface area contributed by atoms with Gasteiger partial charge in [0.25, 0.3) is 10.0 Å². The van der Waals surface area contributed by atoms with Gasteiger partial charge in [0.1, 0.15) is 0 Å². The Bertz CT molecular complexity index is 742. The van der Waals surface area contributed by atoms with Gasteiger partial charge < -0.3 is 0 Å². The minimum Gasteiger partial charge on any atom is -0.282 e. The summed E-state index contributed by atoms with van der Waals surface area (Å²) in [4.78, 5) is 4.05. The minimum atomic E-state index is -3.62. The highest BCUT2D eigenvalue weighted by atomic mass is 32.2. The molecular weight excluding hydrogens is 300 g/mol. The van der Waals surface area contributed by atoms with E-state index in [2.05, 4.69) is 15.2 Å². The average molecular weight is 320 g/mol. The molecule has 0 fully saturated rings. The normalized spacial score (nSPS) is 22.5. The standard InChI is InChI=1S/C15H20N4O2S/c1-3-11-9-13-12(10-17-18-13)14(4-2)19(11)22(20,21)15-7-5-6-8-16-15/h5-8,10-11,14H,3-4,9H2,1-2H3,(H,17,18)/t11-,14+/m0/s1. The first-order valence-electron chi connectivity index (χ1n) is 7.56. The van der Waals surface area contributed by atoms with Crippen molar-refractivity contribution in [1.82, 2.24) is 19.5 Å². The van der Waals surface area contributed by atoms with Gasteiger partial charge in [0.05, 0.1) is 12.2 Å². The number of fused-ring (bicyclic) bond motifs is 1. The molecule has 0 unspecified atom stereocenters. The summed E-state index contributed by atoms with van der Waals surface area (Å²) in [5.74, 6) is 0. The Hall–Kier alpha value is -1.73. The summed E-state index contributed by atoms with van der Waals surface area (Å²) in [6, 6.07) is 4.71. The van der Waals surface area contributed by atoms with E-state index in [0.29, 0.717) is 12.8 Å². The third-order valence-corrected chi connectivity index (χ3v) is 6.13. The van der Waals surface area contributed by atoms with Crippen LogP contribution >= 0.6 is 0 Å². The van der Waals surface area contributed by atoms with Gasteiger partial charge in [-0.05, 0) is 25.0 Å². The fourth-order valence-electron chi connectivity index (χ4n) is 3.19. The van der Waals surface area contributed by atoms with Gasteiger partial charge in [0.15, 0.2) is 5.03 Å². The zero-order valence-corrected chi connectivity index (χ0v) is 13.5. The van der Waals surface area contributed by atoms with Crippen LogP contribution in [0.15, 0.2) is 35.6 Å². The quantitative estimate of drug-likeness (QED) is 0.937. The van der Waals surface area contributed by atoms with E-state index in [9.17, 15) is 8.42 Å². The summed E-state index contributed by atoms with van der Waals surface area (Å²) >= 11 is 0. The van der Waals surface area contributed by atoms with Crippen LogP contribution < -0.4 is 0 Å². The highest BCUT2D eigenvalue weighted by molar-refractivity contribution is 7.89. The summed E-state index contributed by atoms with van der Waals surface area (Å²) in [7, 11) is -3.62. The minimum absolute atomic E-state index is 0.0788. The van der Waals surface area contributed by atoms with E-state index in [0.717, 1.165) is 17.7 Å². The van der Waals surface area contributed by atoms with Crippen LogP contribution in [0.1, 0.15) is 44.0 Å². The van der Waals surface area contributed by atoms with Gasteiger partial charge in [-0.15, -0.1) is 0 Å². The molecule has 2 aromatic heterocycles. The maximum Gasteiger partial charge on any atom is 0.261 e. The molecule has 0 aliphatic carbocycles. The van der Waals surface area contributed by atoms with Gasteiger partial charge in [0.2, 0.25) is 0 Å². The third kappa shape index (κ3) is 2.34. The van der Waals surface area contributed by atoms with Crippen LogP contribution in [0.25, 0.3) is 0 Å². The fourth-order valence-corrected chi connectivity index (χ4v) is 5.06. The molecule has 0 saturated heterocycles. The monoisotopic (exact) mass is 320 g/mol. The van der Waals surface area contributed by atoms with Gasteiger partial charge >= 0.3 is 0 Å². The van der Waals surface area contributed by atoms with Crippen molar-refractivity contribution in [3.63, 3.8) is 0 Å². The molecule has 22 heavy (non-hydrogen) atoms. The van der Waals surface area contributed by atoms with E-state index in [1.54, 1.807) is 28.7 Å². The van der Waals surface area contributed by atoms with Gasteiger partial charge in [-0.2, -0.15) is 9.40 Å². The maximum atomic E-state index is 13.1. The van der Waals surface area contributed by atoms with Crippen molar-refractivity contribution < 1.29 is 8.42 Å². The Morgan fingerprint density at radius 2 is 2.14 bits per heavy atom. The topological polar surface area (TPSA) is 79.0 Å². The third-order valence-electron chi connectivity index (χ3n) is 4.25. The smallest absolute Gasteiger partial charge is 0.261 e. The summed E-state index contributed by atoms with van der Waals surface area (Å²) in [5, 5.41) is 7.22. The van der Waals surface area contributed by atoms with Crippen LogP contribution in [0, 0.1) is 0 Å². The number of aromatic nitrogens is 3. The summed E-state index contributed by atoms with van der Waals surface area (Å²) in [6.07, 6.45) is 5.38. The average Bonchev–Trinajstić information content (AvgIpc) is 3.01. The summed E-state index contributed by atoms with van der Waals surface area (Å²) in [5.41, 5.74) is 2.03. The number of hydrogen-bond donors (Lipinski definition) is 1. The zero-order chi connectivity index (χ0) is 15.7. The lowest BCUT2D eigenvalue weighted by Crippen LogP contribution is -2.46. The molecule has 0 aromatic carbocycles. The number of nitrogens with zero attached hydrogens (tertiary/aromatic N) is 3. The van der Waals surface area contributed by atoms with Crippen LogP contribution in [0.5, 0.6) is 0 Å². The van der Waals surface area contributed by atoms with Crippen molar-refractivity contribution in [2.24, 2.45) is 0 Å². The predicted molar refractivity (Wildman–Crippen MR) is 82.7 cm³/mol. The Kier molecular flexibility index (Phi) is 4.01. The van der Waals surface area contributed by atoms with Crippen molar-refractivity contribution in [2.45, 2.75) is 50.2 Å². The largest absolute Gasteiger partial charge is 0.282 e. The molecule has 7 heteroatoms. The molecule has 0 saturated carbocycles. The number of rotatable bonds is 4. The van der Waals surface area contributed by atoms with Crippen LogP contribution in [0.2, 0.25) is 0 Å². The Labute approximate surface area is 130 Å². The second-order valence-electron chi connectivity index (χ2n) is 5.50. The molecule has 2 aromatic rings. The van der Waals surface area contributed by atoms with Gasteiger partial charge in [-0.25, -0.2) is 13.4 Å². The van der Waals surface area contributed by atoms with Crippen molar-refractivity contribution in [1.29, 1.82) is 0 Å². The molecule has 0 amide bonds. The Balaban J connectivity index is 2.11. The molecule has 1 aliphatic heterocycles. The van der Waals surface area contributed by atoms with Crippen molar-refractivity contribution in [3.05, 3.63) is 41.9 Å². The zero-order valence-electron chi connectivity index (χ0n) is 12.7. The van der Waals surface area contributed by atoms with Gasteiger partial charge in [-0.1, -0.05) is 19.9 Å². The molecule has 6 nitrogen and oxygen atoms in total. The van der Waals surface area contributed by atoms with Crippen LogP contribution in [-0.4, -0.2) is 33.9 Å². The Morgan fingerprint density at radius 1 is 1.32 bits per heavy atom. The molecule has 1 aliphatic rings. The first-order valence-corrected chi connectivity index (χ1v) is 9.00. The molecule has 118 valence electrons. The second kappa shape index (κ2) is 5.81. The second-order valence-corrected chi connectivity index (χ2v) is 7.29. The van der Waals surface area contributed by atoms with Crippen LogP contribution in [0.3, 0.4) is 0 Å². The summed E-state index contributed by atoms with van der Waals surface area (Å²) < 4.78 is 27.8. The lowest BCUT2D eigenvalue weighted by molar-refractivity contribution is 0.216. The number of sulfonamides is 1. The van der Waals surface area contributed by atoms with Crippen molar-refractivity contribution in [2.75, 3.05) is 0 Å². The van der Waals surface area contributed by atoms with Crippen LogP contribution in [-0.2, 0) is 16.4 Å². The fraction of sp³-hybridized carbons (Fsp3) is 0.467. The molecule has 3 rings (SSSR count). The summed E-state index contributed by atoms with van der Waals surface area (Å²) in [6.45, 7) is 4.01. The first kappa shape index (κ1) is 15.2. The highest BCUT2D eigenvalue weighted by Crippen LogP contribution is 2.38. The number of nitrogens with one attached hydrogen (secondary N) is 1. The molecule has 0 bridgehead atoms. The molecule has 1 N–H and O–H groups in total. The lowest BCUT2D eigenvalue weighted by Gasteiger charge is -2.39.